The van der Waals surface area contributed by atoms with Gasteiger partial charge in [0.15, 0.2) is 5.78 Å². The second-order valence-corrected chi connectivity index (χ2v) is 4.21. The summed E-state index contributed by atoms with van der Waals surface area (Å²) in [7, 11) is 0. The van der Waals surface area contributed by atoms with Gasteiger partial charge in [-0.3, -0.25) is 4.79 Å². The van der Waals surface area contributed by atoms with Crippen LogP contribution in [0.4, 0.5) is 0 Å². The zero-order valence-electron chi connectivity index (χ0n) is 9.42. The Morgan fingerprint density at radius 2 is 2.07 bits per heavy atom. The fourth-order valence-corrected chi connectivity index (χ4v) is 1.99. The van der Waals surface area contributed by atoms with E-state index in [1.165, 1.54) is 0 Å². The van der Waals surface area contributed by atoms with Crippen LogP contribution in [0, 0.1) is 5.92 Å². The number of rotatable bonds is 5. The molecule has 2 heteroatoms. The average molecular weight is 198 g/mol. The van der Waals surface area contributed by atoms with Gasteiger partial charge in [0, 0.05) is 13.0 Å². The summed E-state index contributed by atoms with van der Waals surface area (Å²) in [6.07, 6.45) is 6.07. The Hall–Kier alpha value is -0.370. The van der Waals surface area contributed by atoms with Gasteiger partial charge >= 0.3 is 0 Å². The highest BCUT2D eigenvalue weighted by Crippen LogP contribution is 2.19. The van der Waals surface area contributed by atoms with Crippen LogP contribution in [0.1, 0.15) is 52.4 Å². The Bertz CT molecular complexity index is 167. The molecule has 14 heavy (non-hydrogen) atoms. The average Bonchev–Trinajstić information content (AvgIpc) is 2.26. The third kappa shape index (κ3) is 3.41. The summed E-state index contributed by atoms with van der Waals surface area (Å²) in [6.45, 7) is 5.09. The minimum absolute atomic E-state index is 0.0793. The maximum absolute atomic E-state index is 11.8. The van der Waals surface area contributed by atoms with Crippen LogP contribution in [-0.4, -0.2) is 18.5 Å². The molecule has 2 nitrogen and oxygen atoms in total. The summed E-state index contributed by atoms with van der Waals surface area (Å²) in [5.74, 6) is 0.895. The van der Waals surface area contributed by atoms with Gasteiger partial charge in [0.1, 0.15) is 6.10 Å². The molecule has 0 N–H and O–H groups in total. The van der Waals surface area contributed by atoms with E-state index in [0.29, 0.717) is 11.7 Å². The number of carbonyl (C=O) groups excluding carboxylic acids is 1. The topological polar surface area (TPSA) is 26.3 Å². The van der Waals surface area contributed by atoms with Crippen LogP contribution in [0.15, 0.2) is 0 Å². The molecule has 0 saturated carbocycles. The summed E-state index contributed by atoms with van der Waals surface area (Å²) < 4.78 is 5.48. The molecule has 1 unspecified atom stereocenters. The van der Waals surface area contributed by atoms with Gasteiger partial charge in [-0.2, -0.15) is 0 Å². The zero-order valence-corrected chi connectivity index (χ0v) is 9.42. The lowest BCUT2D eigenvalue weighted by Crippen LogP contribution is -2.29. The highest BCUT2D eigenvalue weighted by atomic mass is 16.5. The molecule has 1 rings (SSSR count). The highest BCUT2D eigenvalue weighted by Gasteiger charge is 2.23. The molecule has 1 aliphatic rings. The fourth-order valence-electron chi connectivity index (χ4n) is 1.99. The Morgan fingerprint density at radius 1 is 1.36 bits per heavy atom. The minimum atomic E-state index is -0.0793. The molecule has 82 valence electrons. The monoisotopic (exact) mass is 198 g/mol. The maximum atomic E-state index is 11.8. The number of hydrogen-bond acceptors (Lipinski definition) is 2. The summed E-state index contributed by atoms with van der Waals surface area (Å²) in [5, 5.41) is 0. The molecule has 0 aromatic heterocycles. The molecule has 0 radical (unpaired) electrons. The zero-order chi connectivity index (χ0) is 10.4. The predicted octanol–water partition coefficient (Wildman–Crippen LogP) is 2.95. The van der Waals surface area contributed by atoms with E-state index in [2.05, 4.69) is 13.8 Å². The van der Waals surface area contributed by atoms with E-state index < -0.39 is 0 Å². The molecule has 0 bridgehead atoms. The highest BCUT2D eigenvalue weighted by molar-refractivity contribution is 5.83. The maximum Gasteiger partial charge on any atom is 0.161 e. The summed E-state index contributed by atoms with van der Waals surface area (Å²) in [5.41, 5.74) is 0. The fraction of sp³-hybridized carbons (Fsp3) is 0.917. The third-order valence-electron chi connectivity index (χ3n) is 3.18. The van der Waals surface area contributed by atoms with Crippen molar-refractivity contribution in [2.45, 2.75) is 58.5 Å². The number of hydrogen-bond donors (Lipinski definition) is 0. The van der Waals surface area contributed by atoms with Gasteiger partial charge < -0.3 is 4.74 Å². The van der Waals surface area contributed by atoms with Crippen molar-refractivity contribution in [2.24, 2.45) is 5.92 Å². The van der Waals surface area contributed by atoms with Crippen LogP contribution in [0.3, 0.4) is 0 Å². The first-order valence-corrected chi connectivity index (χ1v) is 5.92. The lowest BCUT2D eigenvalue weighted by atomic mass is 9.93. The lowest BCUT2D eigenvalue weighted by molar-refractivity contribution is -0.134. The van der Waals surface area contributed by atoms with Crippen LogP contribution in [0.2, 0.25) is 0 Å². The van der Waals surface area contributed by atoms with Crippen molar-refractivity contribution in [3.05, 3.63) is 0 Å². The predicted molar refractivity (Wildman–Crippen MR) is 57.3 cm³/mol. The summed E-state index contributed by atoms with van der Waals surface area (Å²) >= 11 is 0. The van der Waals surface area contributed by atoms with Crippen LogP contribution in [0.25, 0.3) is 0 Å². The number of carbonyl (C=O) groups is 1. The Kier molecular flexibility index (Phi) is 5.16. The van der Waals surface area contributed by atoms with Gasteiger partial charge in [0.25, 0.3) is 0 Å². The van der Waals surface area contributed by atoms with Gasteiger partial charge in [0.05, 0.1) is 0 Å². The van der Waals surface area contributed by atoms with E-state index in [1.54, 1.807) is 0 Å². The molecule has 0 amide bonds. The molecule has 1 aliphatic heterocycles. The lowest BCUT2D eigenvalue weighted by Gasteiger charge is -2.23. The van der Waals surface area contributed by atoms with E-state index in [1.807, 2.05) is 0 Å². The van der Waals surface area contributed by atoms with Crippen LogP contribution >= 0.6 is 0 Å². The van der Waals surface area contributed by atoms with Crippen molar-refractivity contribution in [3.63, 3.8) is 0 Å². The molecule has 1 heterocycles. The van der Waals surface area contributed by atoms with Crippen molar-refractivity contribution in [1.82, 2.24) is 0 Å². The van der Waals surface area contributed by atoms with Crippen LogP contribution in [0.5, 0.6) is 0 Å². The minimum Gasteiger partial charge on any atom is -0.370 e. The van der Waals surface area contributed by atoms with Crippen molar-refractivity contribution in [2.75, 3.05) is 6.61 Å². The van der Waals surface area contributed by atoms with E-state index in [4.69, 9.17) is 4.74 Å². The van der Waals surface area contributed by atoms with Gasteiger partial charge in [-0.1, -0.05) is 26.7 Å². The Labute approximate surface area is 87.0 Å². The normalized spacial score (nSPS) is 22.6. The van der Waals surface area contributed by atoms with Crippen molar-refractivity contribution in [1.29, 1.82) is 0 Å². The summed E-state index contributed by atoms with van der Waals surface area (Å²) in [4.78, 5) is 11.8. The van der Waals surface area contributed by atoms with E-state index in [-0.39, 0.29) is 6.10 Å². The van der Waals surface area contributed by atoms with Crippen LogP contribution in [-0.2, 0) is 9.53 Å². The first-order chi connectivity index (χ1) is 6.77. The number of ether oxygens (including phenoxy) is 1. The summed E-state index contributed by atoms with van der Waals surface area (Å²) in [6, 6.07) is 0. The van der Waals surface area contributed by atoms with Crippen molar-refractivity contribution >= 4 is 5.78 Å². The van der Waals surface area contributed by atoms with Gasteiger partial charge in [-0.05, 0) is 25.2 Å². The van der Waals surface area contributed by atoms with Crippen molar-refractivity contribution < 1.29 is 9.53 Å². The van der Waals surface area contributed by atoms with Gasteiger partial charge in [-0.25, -0.2) is 0 Å². The first kappa shape index (κ1) is 11.7. The molecular weight excluding hydrogens is 176 g/mol. The quantitative estimate of drug-likeness (QED) is 0.679. The Balaban J connectivity index is 2.32. The Morgan fingerprint density at radius 3 is 2.57 bits per heavy atom. The first-order valence-electron chi connectivity index (χ1n) is 5.92. The van der Waals surface area contributed by atoms with Crippen LogP contribution < -0.4 is 0 Å². The van der Waals surface area contributed by atoms with E-state index >= 15 is 0 Å². The number of ketones is 1. The second-order valence-electron chi connectivity index (χ2n) is 4.21. The van der Waals surface area contributed by atoms with E-state index in [9.17, 15) is 4.79 Å². The molecule has 1 saturated heterocycles. The second kappa shape index (κ2) is 6.18. The smallest absolute Gasteiger partial charge is 0.161 e. The molecular formula is C12H22O2. The molecule has 0 aliphatic carbocycles. The SMILES string of the molecule is CCC(CC)CC(=O)C1CCCCO1. The molecule has 1 atom stereocenters. The van der Waals surface area contributed by atoms with Gasteiger partial charge in [0.2, 0.25) is 0 Å². The largest absolute Gasteiger partial charge is 0.370 e. The number of Topliss-reactive ketones (excluding diaryl/α,β-unsaturated/α-hetero) is 1. The molecule has 0 aromatic carbocycles. The van der Waals surface area contributed by atoms with E-state index in [0.717, 1.165) is 45.1 Å². The molecule has 1 fully saturated rings. The van der Waals surface area contributed by atoms with Gasteiger partial charge in [-0.15, -0.1) is 0 Å². The third-order valence-corrected chi connectivity index (χ3v) is 3.18. The molecule has 0 aromatic rings. The standard InChI is InChI=1S/C12H22O2/c1-3-10(4-2)9-11(13)12-7-5-6-8-14-12/h10,12H,3-9H2,1-2H3. The van der Waals surface area contributed by atoms with Crippen molar-refractivity contribution in [3.8, 4) is 0 Å². The molecule has 0 spiro atoms.